The van der Waals surface area contributed by atoms with Crippen molar-refractivity contribution in [3.63, 3.8) is 0 Å². The van der Waals surface area contributed by atoms with Crippen molar-refractivity contribution in [2.45, 2.75) is 13.3 Å². The molecule has 1 N–H and O–H groups in total. The molecule has 0 aliphatic rings. The number of hydrogen-bond acceptors (Lipinski definition) is 3. The number of amides is 1. The number of aryl methyl sites for hydroxylation is 1. The van der Waals surface area contributed by atoms with E-state index in [0.29, 0.717) is 18.5 Å². The zero-order valence-corrected chi connectivity index (χ0v) is 9.94. The highest BCUT2D eigenvalue weighted by molar-refractivity contribution is 5.92. The fourth-order valence-electron chi connectivity index (χ4n) is 1.56. The van der Waals surface area contributed by atoms with Gasteiger partial charge in [0.15, 0.2) is 0 Å². The number of nitrogens with zero attached hydrogens (tertiary/aromatic N) is 1. The number of nitrogens with one attached hydrogen (secondary N) is 1. The maximum absolute atomic E-state index is 12.7. The molecule has 0 atom stereocenters. The first-order valence-electron chi connectivity index (χ1n) is 5.61. The van der Waals surface area contributed by atoms with Crippen molar-refractivity contribution in [2.75, 3.05) is 6.54 Å². The Morgan fingerprint density at radius 1 is 1.39 bits per heavy atom. The predicted octanol–water partition coefficient (Wildman–Crippen LogP) is 2.09. The van der Waals surface area contributed by atoms with Gasteiger partial charge in [0.2, 0.25) is 5.76 Å². The molecule has 1 amide bonds. The molecule has 0 aliphatic heterocycles. The van der Waals surface area contributed by atoms with Crippen LogP contribution in [0.25, 0.3) is 0 Å². The summed E-state index contributed by atoms with van der Waals surface area (Å²) in [6.45, 7) is 2.22. The van der Waals surface area contributed by atoms with Crippen molar-refractivity contribution < 1.29 is 13.7 Å². The van der Waals surface area contributed by atoms with Crippen LogP contribution in [0.2, 0.25) is 0 Å². The van der Waals surface area contributed by atoms with Gasteiger partial charge in [0.1, 0.15) is 5.82 Å². The van der Waals surface area contributed by atoms with Gasteiger partial charge in [0, 0.05) is 12.1 Å². The van der Waals surface area contributed by atoms with E-state index in [1.807, 2.05) is 0 Å². The third-order valence-corrected chi connectivity index (χ3v) is 2.57. The quantitative estimate of drug-likeness (QED) is 0.901. The average molecular weight is 248 g/mol. The SMILES string of the molecule is Cc1cnoc1C(=O)NCCc1ccc(F)cc1. The van der Waals surface area contributed by atoms with Gasteiger partial charge >= 0.3 is 0 Å². The highest BCUT2D eigenvalue weighted by Gasteiger charge is 2.12. The smallest absolute Gasteiger partial charge is 0.290 e. The second-order valence-electron chi connectivity index (χ2n) is 3.97. The molecule has 1 aromatic carbocycles. The molecular formula is C13H13FN2O2. The van der Waals surface area contributed by atoms with Gasteiger partial charge in [-0.05, 0) is 31.0 Å². The summed E-state index contributed by atoms with van der Waals surface area (Å²) in [5, 5.41) is 6.26. The number of carbonyl (C=O) groups excluding carboxylic acids is 1. The molecule has 0 radical (unpaired) electrons. The molecule has 0 unspecified atom stereocenters. The maximum atomic E-state index is 12.7. The third kappa shape index (κ3) is 2.94. The van der Waals surface area contributed by atoms with Crippen LogP contribution in [-0.2, 0) is 6.42 Å². The highest BCUT2D eigenvalue weighted by atomic mass is 19.1. The molecule has 94 valence electrons. The fraction of sp³-hybridized carbons (Fsp3) is 0.231. The minimum absolute atomic E-state index is 0.231. The minimum atomic E-state index is -0.285. The Labute approximate surface area is 104 Å². The summed E-state index contributed by atoms with van der Waals surface area (Å²) in [5.74, 6) is -0.318. The minimum Gasteiger partial charge on any atom is -0.351 e. The standard InChI is InChI=1S/C13H13FN2O2/c1-9-8-16-18-12(9)13(17)15-7-6-10-2-4-11(14)5-3-10/h2-5,8H,6-7H2,1H3,(H,15,17). The lowest BCUT2D eigenvalue weighted by Gasteiger charge is -2.03. The summed E-state index contributed by atoms with van der Waals surface area (Å²) in [5.41, 5.74) is 1.67. The molecule has 2 aromatic rings. The van der Waals surface area contributed by atoms with Gasteiger partial charge in [0.25, 0.3) is 5.91 Å². The van der Waals surface area contributed by atoms with Crippen molar-refractivity contribution in [3.05, 3.63) is 53.2 Å². The van der Waals surface area contributed by atoms with Crippen molar-refractivity contribution >= 4 is 5.91 Å². The van der Waals surface area contributed by atoms with Gasteiger partial charge in [-0.3, -0.25) is 4.79 Å². The number of hydrogen-bond donors (Lipinski definition) is 1. The zero-order valence-electron chi connectivity index (χ0n) is 9.94. The highest BCUT2D eigenvalue weighted by Crippen LogP contribution is 2.06. The number of benzene rings is 1. The van der Waals surface area contributed by atoms with Crippen LogP contribution in [0, 0.1) is 12.7 Å². The summed E-state index contributed by atoms with van der Waals surface area (Å²) in [6, 6.07) is 6.19. The van der Waals surface area contributed by atoms with E-state index < -0.39 is 0 Å². The summed E-state index contributed by atoms with van der Waals surface area (Å²) in [4.78, 5) is 11.7. The summed E-state index contributed by atoms with van der Waals surface area (Å²) >= 11 is 0. The molecule has 0 bridgehead atoms. The van der Waals surface area contributed by atoms with E-state index in [1.54, 1.807) is 19.1 Å². The fourth-order valence-corrected chi connectivity index (χ4v) is 1.56. The van der Waals surface area contributed by atoms with Gasteiger partial charge in [-0.1, -0.05) is 17.3 Å². The summed E-state index contributed by atoms with van der Waals surface area (Å²) in [7, 11) is 0. The molecule has 0 aliphatic carbocycles. The summed E-state index contributed by atoms with van der Waals surface area (Å²) < 4.78 is 17.5. The summed E-state index contributed by atoms with van der Waals surface area (Å²) in [6.07, 6.45) is 2.13. The van der Waals surface area contributed by atoms with Crippen LogP contribution in [0.15, 0.2) is 35.0 Å². The van der Waals surface area contributed by atoms with Crippen LogP contribution in [0.3, 0.4) is 0 Å². The van der Waals surface area contributed by atoms with Crippen LogP contribution >= 0.6 is 0 Å². The molecule has 1 heterocycles. The second kappa shape index (κ2) is 5.44. The van der Waals surface area contributed by atoms with Gasteiger partial charge in [-0.2, -0.15) is 0 Å². The Bertz CT molecular complexity index is 534. The number of carbonyl (C=O) groups is 1. The first kappa shape index (κ1) is 12.3. The van der Waals surface area contributed by atoms with Crippen molar-refractivity contribution in [2.24, 2.45) is 0 Å². The molecule has 18 heavy (non-hydrogen) atoms. The normalized spacial score (nSPS) is 10.3. The molecule has 0 fully saturated rings. The van der Waals surface area contributed by atoms with E-state index in [0.717, 1.165) is 5.56 Å². The maximum Gasteiger partial charge on any atom is 0.290 e. The Morgan fingerprint density at radius 3 is 2.72 bits per heavy atom. The first-order valence-corrected chi connectivity index (χ1v) is 5.61. The molecule has 2 rings (SSSR count). The van der Waals surface area contributed by atoms with Gasteiger partial charge in [0.05, 0.1) is 6.20 Å². The van der Waals surface area contributed by atoms with Crippen LogP contribution in [0.4, 0.5) is 4.39 Å². The lowest BCUT2D eigenvalue weighted by Crippen LogP contribution is -2.25. The number of aromatic nitrogens is 1. The van der Waals surface area contributed by atoms with E-state index in [-0.39, 0.29) is 17.5 Å². The Morgan fingerprint density at radius 2 is 2.11 bits per heavy atom. The lowest BCUT2D eigenvalue weighted by atomic mass is 10.1. The third-order valence-electron chi connectivity index (χ3n) is 2.57. The Kier molecular flexibility index (Phi) is 3.72. The number of rotatable bonds is 4. The van der Waals surface area contributed by atoms with E-state index in [9.17, 15) is 9.18 Å². The van der Waals surface area contributed by atoms with Gasteiger partial charge in [-0.15, -0.1) is 0 Å². The second-order valence-corrected chi connectivity index (χ2v) is 3.97. The van der Waals surface area contributed by atoms with Crippen LogP contribution < -0.4 is 5.32 Å². The molecule has 0 spiro atoms. The average Bonchev–Trinajstić information content (AvgIpc) is 2.78. The topological polar surface area (TPSA) is 55.1 Å². The van der Waals surface area contributed by atoms with E-state index in [4.69, 9.17) is 4.52 Å². The van der Waals surface area contributed by atoms with E-state index >= 15 is 0 Å². The molecule has 0 saturated heterocycles. The van der Waals surface area contributed by atoms with Gasteiger partial charge < -0.3 is 9.84 Å². The molecular weight excluding hydrogens is 235 g/mol. The van der Waals surface area contributed by atoms with Gasteiger partial charge in [-0.25, -0.2) is 4.39 Å². The number of halogens is 1. The van der Waals surface area contributed by atoms with Crippen LogP contribution in [0.1, 0.15) is 21.7 Å². The Balaban J connectivity index is 1.84. The molecule has 5 heteroatoms. The monoisotopic (exact) mass is 248 g/mol. The zero-order chi connectivity index (χ0) is 13.0. The van der Waals surface area contributed by atoms with Crippen molar-refractivity contribution in [1.82, 2.24) is 10.5 Å². The van der Waals surface area contributed by atoms with E-state index in [1.165, 1.54) is 18.3 Å². The van der Waals surface area contributed by atoms with Crippen LogP contribution in [-0.4, -0.2) is 17.6 Å². The lowest BCUT2D eigenvalue weighted by molar-refractivity contribution is 0.0916. The van der Waals surface area contributed by atoms with Crippen molar-refractivity contribution in [3.8, 4) is 0 Å². The van der Waals surface area contributed by atoms with Crippen LogP contribution in [0.5, 0.6) is 0 Å². The molecule has 0 saturated carbocycles. The predicted molar refractivity (Wildman–Crippen MR) is 63.7 cm³/mol. The molecule has 4 nitrogen and oxygen atoms in total. The van der Waals surface area contributed by atoms with Crippen molar-refractivity contribution in [1.29, 1.82) is 0 Å². The van der Waals surface area contributed by atoms with E-state index in [2.05, 4.69) is 10.5 Å². The first-order chi connectivity index (χ1) is 8.66. The molecule has 1 aromatic heterocycles. The Hall–Kier alpha value is -2.17. The largest absolute Gasteiger partial charge is 0.351 e.